The quantitative estimate of drug-likeness (QED) is 0.238. The van der Waals surface area contributed by atoms with Crippen LogP contribution in [0.1, 0.15) is 0 Å². The number of hydrogen-bond acceptors (Lipinski definition) is 11. The molecule has 136 valence electrons. The van der Waals surface area contributed by atoms with Crippen LogP contribution in [0.5, 0.6) is 0 Å². The Morgan fingerprint density at radius 1 is 0.783 bits per heavy atom. The van der Waals surface area contributed by atoms with Gasteiger partial charge in [-0.15, -0.1) is 0 Å². The van der Waals surface area contributed by atoms with Gasteiger partial charge in [-0.2, -0.15) is 0 Å². The van der Waals surface area contributed by atoms with Crippen molar-refractivity contribution in [3.63, 3.8) is 0 Å². The molecule has 23 heavy (non-hydrogen) atoms. The average molecular weight is 342 g/mol. The van der Waals surface area contributed by atoms with Crippen LogP contribution < -0.4 is 0 Å². The molecule has 0 saturated carbocycles. The first-order chi connectivity index (χ1) is 10.8. The van der Waals surface area contributed by atoms with Crippen LogP contribution in [0.3, 0.4) is 0 Å². The number of aliphatic hydroxyl groups excluding tert-OH is 8. The summed E-state index contributed by atoms with van der Waals surface area (Å²) in [6, 6.07) is 0. The van der Waals surface area contributed by atoms with E-state index in [1.165, 1.54) is 0 Å². The van der Waals surface area contributed by atoms with Crippen LogP contribution in [0, 0.1) is 0 Å². The molecule has 2 aliphatic rings. The topological polar surface area (TPSA) is 190 Å². The van der Waals surface area contributed by atoms with Crippen molar-refractivity contribution in [1.82, 2.24) is 0 Å². The van der Waals surface area contributed by atoms with Gasteiger partial charge in [0.2, 0.25) is 5.79 Å². The summed E-state index contributed by atoms with van der Waals surface area (Å²) in [4.78, 5) is 0. The molecule has 11 heteroatoms. The second kappa shape index (κ2) is 7.21. The molecular formula is C12H22O11. The third-order valence-corrected chi connectivity index (χ3v) is 4.07. The highest BCUT2D eigenvalue weighted by Gasteiger charge is 2.58. The Morgan fingerprint density at radius 2 is 1.39 bits per heavy atom. The monoisotopic (exact) mass is 342 g/mol. The molecule has 2 fully saturated rings. The maximum Gasteiger partial charge on any atom is 0.224 e. The summed E-state index contributed by atoms with van der Waals surface area (Å²) in [5, 5.41) is 76.7. The number of hydrogen-bond donors (Lipinski definition) is 8. The van der Waals surface area contributed by atoms with E-state index < -0.39 is 74.6 Å². The predicted molar refractivity (Wildman–Crippen MR) is 68.6 cm³/mol. The Balaban J connectivity index is 2.18. The molecule has 2 aliphatic heterocycles. The Hall–Kier alpha value is -0.440. The van der Waals surface area contributed by atoms with Crippen LogP contribution >= 0.6 is 0 Å². The van der Waals surface area contributed by atoms with Crippen LogP contribution in [0.15, 0.2) is 0 Å². The zero-order valence-corrected chi connectivity index (χ0v) is 12.0. The highest BCUT2D eigenvalue weighted by atomic mass is 16.8. The minimum absolute atomic E-state index is 0.669. The summed E-state index contributed by atoms with van der Waals surface area (Å²) in [6.07, 6.45) is -12.7. The highest BCUT2D eigenvalue weighted by Crippen LogP contribution is 2.35. The number of rotatable bonds is 5. The molecular weight excluding hydrogens is 320 g/mol. The van der Waals surface area contributed by atoms with E-state index in [2.05, 4.69) is 0 Å². The molecule has 0 aliphatic carbocycles. The van der Waals surface area contributed by atoms with Crippen LogP contribution in [0.4, 0.5) is 0 Å². The fraction of sp³-hybridized carbons (Fsp3) is 1.00. The molecule has 2 saturated heterocycles. The molecule has 0 spiro atoms. The normalized spacial score (nSPS) is 51.1. The Bertz CT molecular complexity index is 393. The van der Waals surface area contributed by atoms with E-state index in [0.29, 0.717) is 0 Å². The van der Waals surface area contributed by atoms with Crippen molar-refractivity contribution in [3.05, 3.63) is 0 Å². The molecule has 0 unspecified atom stereocenters. The van der Waals surface area contributed by atoms with Crippen molar-refractivity contribution in [1.29, 1.82) is 0 Å². The van der Waals surface area contributed by atoms with Crippen LogP contribution in [-0.4, -0.2) is 115 Å². The molecule has 11 nitrogen and oxygen atoms in total. The Kier molecular flexibility index (Phi) is 5.92. The van der Waals surface area contributed by atoms with Crippen LogP contribution in [0.25, 0.3) is 0 Å². The van der Waals surface area contributed by atoms with Crippen molar-refractivity contribution in [2.45, 2.75) is 54.8 Å². The summed E-state index contributed by atoms with van der Waals surface area (Å²) >= 11 is 0. The van der Waals surface area contributed by atoms with Gasteiger partial charge in [0.05, 0.1) is 13.2 Å². The summed E-state index contributed by atoms with van der Waals surface area (Å²) in [7, 11) is 0. The Labute approximate surface area is 130 Å². The number of ether oxygens (including phenoxy) is 3. The second-order valence-corrected chi connectivity index (χ2v) is 5.56. The van der Waals surface area contributed by atoms with Crippen LogP contribution in [0.2, 0.25) is 0 Å². The zero-order valence-electron chi connectivity index (χ0n) is 12.0. The largest absolute Gasteiger partial charge is 0.394 e. The molecule has 9 atom stereocenters. The van der Waals surface area contributed by atoms with Gasteiger partial charge in [-0.25, -0.2) is 0 Å². The summed E-state index contributed by atoms with van der Waals surface area (Å²) in [5.74, 6) is -2.22. The fourth-order valence-electron chi connectivity index (χ4n) is 2.63. The van der Waals surface area contributed by atoms with E-state index in [1.54, 1.807) is 0 Å². The SMILES string of the molecule is OC[C@@H]1O[C@@H](O[C@@]2(CO)O[C@@H](CO)[C@@H](O)[C@H]2O)[C@@H](O)[C@@H](O)[C@H]1O. The zero-order chi connectivity index (χ0) is 17.4. The fourth-order valence-corrected chi connectivity index (χ4v) is 2.63. The molecule has 0 bridgehead atoms. The van der Waals surface area contributed by atoms with Gasteiger partial charge >= 0.3 is 0 Å². The van der Waals surface area contributed by atoms with Gasteiger partial charge in [0.25, 0.3) is 0 Å². The molecule has 0 aromatic rings. The highest BCUT2D eigenvalue weighted by molar-refractivity contribution is 4.98. The lowest BCUT2D eigenvalue weighted by atomic mass is 9.99. The molecule has 0 aromatic carbocycles. The standard InChI is InChI=1S/C12H22O11/c13-1-4-6(16)8(18)9(19)11(21-4)23-12(3-15)10(20)7(17)5(2-14)22-12/h4-11,13-20H,1-3H2/t4-,5-,6-,7+,8-,9-,10+,11-,12+/m0/s1. The third-order valence-electron chi connectivity index (χ3n) is 4.07. The van der Waals surface area contributed by atoms with Crippen molar-refractivity contribution >= 4 is 0 Å². The summed E-state index contributed by atoms with van der Waals surface area (Å²) in [5.41, 5.74) is 0. The van der Waals surface area contributed by atoms with Crippen molar-refractivity contribution < 1.29 is 55.1 Å². The molecule has 0 aromatic heterocycles. The van der Waals surface area contributed by atoms with Gasteiger partial charge in [0.1, 0.15) is 49.3 Å². The lowest BCUT2D eigenvalue weighted by Crippen LogP contribution is -2.62. The minimum Gasteiger partial charge on any atom is -0.394 e. The van der Waals surface area contributed by atoms with Crippen molar-refractivity contribution in [2.24, 2.45) is 0 Å². The van der Waals surface area contributed by atoms with Gasteiger partial charge in [0.15, 0.2) is 6.29 Å². The van der Waals surface area contributed by atoms with Crippen molar-refractivity contribution in [3.8, 4) is 0 Å². The van der Waals surface area contributed by atoms with Gasteiger partial charge in [0, 0.05) is 0 Å². The van der Waals surface area contributed by atoms with Gasteiger partial charge < -0.3 is 55.1 Å². The smallest absolute Gasteiger partial charge is 0.224 e. The van der Waals surface area contributed by atoms with E-state index in [1.807, 2.05) is 0 Å². The van der Waals surface area contributed by atoms with E-state index in [0.717, 1.165) is 0 Å². The van der Waals surface area contributed by atoms with Crippen LogP contribution in [-0.2, 0) is 14.2 Å². The summed E-state index contributed by atoms with van der Waals surface area (Å²) in [6.45, 7) is -2.32. The molecule has 0 amide bonds. The maximum atomic E-state index is 10.00. The lowest BCUT2D eigenvalue weighted by Gasteiger charge is -2.43. The lowest BCUT2D eigenvalue weighted by molar-refractivity contribution is -0.383. The second-order valence-electron chi connectivity index (χ2n) is 5.56. The Morgan fingerprint density at radius 3 is 1.87 bits per heavy atom. The first-order valence-corrected chi connectivity index (χ1v) is 7.05. The van der Waals surface area contributed by atoms with E-state index >= 15 is 0 Å². The molecule has 2 heterocycles. The predicted octanol–water partition coefficient (Wildman–Crippen LogP) is -5.40. The van der Waals surface area contributed by atoms with Gasteiger partial charge in [-0.1, -0.05) is 0 Å². The summed E-state index contributed by atoms with van der Waals surface area (Å²) < 4.78 is 15.4. The third kappa shape index (κ3) is 3.23. The van der Waals surface area contributed by atoms with E-state index in [4.69, 9.17) is 24.4 Å². The molecule has 0 radical (unpaired) electrons. The van der Waals surface area contributed by atoms with Gasteiger partial charge in [-0.3, -0.25) is 0 Å². The first-order valence-electron chi connectivity index (χ1n) is 7.05. The average Bonchev–Trinajstić information content (AvgIpc) is 2.80. The van der Waals surface area contributed by atoms with E-state index in [-0.39, 0.29) is 0 Å². The van der Waals surface area contributed by atoms with Gasteiger partial charge in [-0.05, 0) is 0 Å². The maximum absolute atomic E-state index is 10.00. The first kappa shape index (κ1) is 18.9. The van der Waals surface area contributed by atoms with Crippen molar-refractivity contribution in [2.75, 3.05) is 19.8 Å². The molecule has 8 N–H and O–H groups in total. The van der Waals surface area contributed by atoms with E-state index in [9.17, 15) is 30.6 Å². The number of aliphatic hydroxyl groups is 8. The minimum atomic E-state index is -2.22. The molecule has 2 rings (SSSR count).